The molecular formula is C43H26N2O2. The molecule has 2 heterocycles. The number of para-hydroxylation sites is 1. The third-order valence-electron chi connectivity index (χ3n) is 9.23. The minimum absolute atomic E-state index is 0.625. The van der Waals surface area contributed by atoms with Crippen molar-refractivity contribution in [3.8, 4) is 11.5 Å². The number of rotatable bonds is 4. The van der Waals surface area contributed by atoms with Gasteiger partial charge >= 0.3 is 0 Å². The summed E-state index contributed by atoms with van der Waals surface area (Å²) in [5.74, 6) is 0.625. The summed E-state index contributed by atoms with van der Waals surface area (Å²) in [5.41, 5.74) is 7.54. The molecule has 4 nitrogen and oxygen atoms in total. The zero-order valence-electron chi connectivity index (χ0n) is 25.2. The van der Waals surface area contributed by atoms with Crippen molar-refractivity contribution in [2.75, 3.05) is 4.90 Å². The molecular weight excluding hydrogens is 576 g/mol. The number of benzene rings is 8. The maximum Gasteiger partial charge on any atom is 0.227 e. The summed E-state index contributed by atoms with van der Waals surface area (Å²) in [4.78, 5) is 7.22. The van der Waals surface area contributed by atoms with Crippen LogP contribution in [0.1, 0.15) is 0 Å². The first-order chi connectivity index (χ1) is 23.3. The van der Waals surface area contributed by atoms with Gasteiger partial charge in [-0.2, -0.15) is 0 Å². The molecule has 0 aliphatic carbocycles. The van der Waals surface area contributed by atoms with Gasteiger partial charge in [-0.05, 0) is 93.7 Å². The second-order valence-corrected chi connectivity index (χ2v) is 12.0. The standard InChI is InChI=1S/C43H26N2O2/c1-2-9-30(10-3-1)43-44-38-22-18-29-15-14-28-17-20-33(25-36(28)41(29)42(38)47-43)45(32-19-16-27-8-4-5-11-31(27)24-32)34-21-23-40-37(26-34)35-12-6-7-13-39(35)46-40/h1-26H. The van der Waals surface area contributed by atoms with E-state index in [1.54, 1.807) is 0 Å². The third kappa shape index (κ3) is 4.12. The SMILES string of the molecule is c1ccc(-c2nc3ccc4ccc5ccc(N(c6ccc7ccccc7c6)c6ccc7oc8ccccc8c7c6)cc5c4c3o2)cc1. The van der Waals surface area contributed by atoms with Crippen LogP contribution in [0.2, 0.25) is 0 Å². The first-order valence-corrected chi connectivity index (χ1v) is 15.8. The molecule has 0 atom stereocenters. The average Bonchev–Trinajstić information content (AvgIpc) is 3.74. The summed E-state index contributed by atoms with van der Waals surface area (Å²) in [6.07, 6.45) is 0. The molecule has 0 saturated heterocycles. The Kier molecular flexibility index (Phi) is 5.54. The molecule has 0 amide bonds. The highest BCUT2D eigenvalue weighted by Gasteiger charge is 2.19. The van der Waals surface area contributed by atoms with E-state index in [0.717, 1.165) is 77.2 Å². The Hall–Kier alpha value is -6.39. The molecule has 4 heteroatoms. The highest BCUT2D eigenvalue weighted by molar-refractivity contribution is 6.19. The lowest BCUT2D eigenvalue weighted by Gasteiger charge is -2.26. The van der Waals surface area contributed by atoms with Crippen LogP contribution in [-0.4, -0.2) is 4.98 Å². The van der Waals surface area contributed by atoms with Crippen molar-refractivity contribution in [3.63, 3.8) is 0 Å². The zero-order chi connectivity index (χ0) is 30.9. The zero-order valence-corrected chi connectivity index (χ0v) is 25.2. The van der Waals surface area contributed by atoms with E-state index in [4.69, 9.17) is 13.8 Å². The van der Waals surface area contributed by atoms with Crippen LogP contribution in [0, 0.1) is 0 Å². The number of hydrogen-bond donors (Lipinski definition) is 0. The number of fused-ring (bicyclic) bond motifs is 9. The first-order valence-electron chi connectivity index (χ1n) is 15.8. The van der Waals surface area contributed by atoms with Crippen molar-refractivity contribution in [2.45, 2.75) is 0 Å². The predicted molar refractivity (Wildman–Crippen MR) is 194 cm³/mol. The number of oxazole rings is 1. The number of aromatic nitrogens is 1. The molecule has 8 aromatic carbocycles. The van der Waals surface area contributed by atoms with Crippen LogP contribution in [0.4, 0.5) is 17.1 Å². The van der Waals surface area contributed by atoms with Gasteiger partial charge in [-0.25, -0.2) is 4.98 Å². The molecule has 10 rings (SSSR count). The van der Waals surface area contributed by atoms with Crippen molar-refractivity contribution in [3.05, 3.63) is 158 Å². The number of furan rings is 1. The number of anilines is 3. The van der Waals surface area contributed by atoms with Crippen LogP contribution in [0.3, 0.4) is 0 Å². The average molecular weight is 603 g/mol. The minimum Gasteiger partial charge on any atom is -0.456 e. The van der Waals surface area contributed by atoms with Crippen molar-refractivity contribution in [1.29, 1.82) is 0 Å². The van der Waals surface area contributed by atoms with Gasteiger partial charge in [0.2, 0.25) is 5.89 Å². The Morgan fingerprint density at radius 3 is 1.96 bits per heavy atom. The molecule has 10 aromatic rings. The molecule has 0 N–H and O–H groups in total. The molecule has 0 saturated carbocycles. The maximum absolute atomic E-state index is 6.54. The quantitative estimate of drug-likeness (QED) is 0.188. The fraction of sp³-hybridized carbons (Fsp3) is 0. The summed E-state index contributed by atoms with van der Waals surface area (Å²) in [6, 6.07) is 55.2. The van der Waals surface area contributed by atoms with Crippen molar-refractivity contribution < 1.29 is 8.83 Å². The molecule has 0 unspecified atom stereocenters. The van der Waals surface area contributed by atoms with Gasteiger partial charge in [0.25, 0.3) is 0 Å². The highest BCUT2D eigenvalue weighted by Crippen LogP contribution is 2.42. The largest absolute Gasteiger partial charge is 0.456 e. The summed E-state index contributed by atoms with van der Waals surface area (Å²) >= 11 is 0. The Labute approximate surface area is 269 Å². The summed E-state index contributed by atoms with van der Waals surface area (Å²) in [7, 11) is 0. The lowest BCUT2D eigenvalue weighted by Crippen LogP contribution is -2.10. The van der Waals surface area contributed by atoms with Crippen molar-refractivity contribution in [2.24, 2.45) is 0 Å². The van der Waals surface area contributed by atoms with E-state index in [0.29, 0.717) is 5.89 Å². The number of nitrogens with zero attached hydrogens (tertiary/aromatic N) is 2. The van der Waals surface area contributed by atoms with E-state index >= 15 is 0 Å². The molecule has 0 bridgehead atoms. The van der Waals surface area contributed by atoms with Gasteiger partial charge in [0.05, 0.1) is 0 Å². The maximum atomic E-state index is 6.54. The summed E-state index contributed by atoms with van der Waals surface area (Å²) in [6.45, 7) is 0. The molecule has 0 radical (unpaired) electrons. The van der Waals surface area contributed by atoms with Crippen LogP contribution in [0.5, 0.6) is 0 Å². The molecule has 47 heavy (non-hydrogen) atoms. The Bertz CT molecular complexity index is 2810. The lowest BCUT2D eigenvalue weighted by atomic mass is 10.00. The van der Waals surface area contributed by atoms with Crippen molar-refractivity contribution >= 4 is 82.4 Å². The molecule has 0 spiro atoms. The van der Waals surface area contributed by atoms with Crippen LogP contribution < -0.4 is 4.90 Å². The summed E-state index contributed by atoms with van der Waals surface area (Å²) < 4.78 is 12.7. The highest BCUT2D eigenvalue weighted by atomic mass is 16.3. The molecule has 220 valence electrons. The smallest absolute Gasteiger partial charge is 0.227 e. The van der Waals surface area contributed by atoms with E-state index in [1.807, 2.05) is 42.5 Å². The fourth-order valence-corrected chi connectivity index (χ4v) is 6.97. The van der Waals surface area contributed by atoms with Gasteiger partial charge in [0.15, 0.2) is 5.58 Å². The van der Waals surface area contributed by atoms with Gasteiger partial charge in [0.1, 0.15) is 16.7 Å². The Morgan fingerprint density at radius 2 is 1.06 bits per heavy atom. The minimum atomic E-state index is 0.625. The van der Waals surface area contributed by atoms with E-state index < -0.39 is 0 Å². The molecule has 2 aromatic heterocycles. The van der Waals surface area contributed by atoms with Gasteiger partial charge in [-0.1, -0.05) is 91.0 Å². The van der Waals surface area contributed by atoms with Crippen molar-refractivity contribution in [1.82, 2.24) is 4.98 Å². The molecule has 0 fully saturated rings. The fourth-order valence-electron chi connectivity index (χ4n) is 6.97. The van der Waals surface area contributed by atoms with Crippen LogP contribution in [0.25, 0.3) is 76.8 Å². The van der Waals surface area contributed by atoms with Crippen LogP contribution >= 0.6 is 0 Å². The molecule has 0 aliphatic heterocycles. The topological polar surface area (TPSA) is 42.4 Å². The van der Waals surface area contributed by atoms with Gasteiger partial charge < -0.3 is 13.7 Å². The number of hydrogen-bond acceptors (Lipinski definition) is 4. The monoisotopic (exact) mass is 602 g/mol. The Morgan fingerprint density at radius 1 is 0.426 bits per heavy atom. The van der Waals surface area contributed by atoms with E-state index in [-0.39, 0.29) is 0 Å². The van der Waals surface area contributed by atoms with Gasteiger partial charge in [-0.3, -0.25) is 0 Å². The lowest BCUT2D eigenvalue weighted by molar-refractivity contribution is 0.623. The molecule has 0 aliphatic rings. The third-order valence-corrected chi connectivity index (χ3v) is 9.23. The van der Waals surface area contributed by atoms with Crippen LogP contribution in [0.15, 0.2) is 167 Å². The van der Waals surface area contributed by atoms with E-state index in [1.165, 1.54) is 10.8 Å². The van der Waals surface area contributed by atoms with Gasteiger partial charge in [0, 0.05) is 38.8 Å². The summed E-state index contributed by atoms with van der Waals surface area (Å²) in [5, 5.41) is 9.02. The van der Waals surface area contributed by atoms with Crippen LogP contribution in [-0.2, 0) is 0 Å². The second kappa shape index (κ2) is 10.1. The normalized spacial score (nSPS) is 11.8. The second-order valence-electron chi connectivity index (χ2n) is 12.0. The van der Waals surface area contributed by atoms with Gasteiger partial charge in [-0.15, -0.1) is 0 Å². The first kappa shape index (κ1) is 25.9. The Balaban J connectivity index is 1.23. The predicted octanol–water partition coefficient (Wildman–Crippen LogP) is 12.3. The van der Waals surface area contributed by atoms with E-state index in [2.05, 4.69) is 120 Å². The van der Waals surface area contributed by atoms with E-state index in [9.17, 15) is 0 Å².